The number of benzene rings is 3. The maximum absolute atomic E-state index is 12.8. The Morgan fingerprint density at radius 3 is 2.41 bits per heavy atom. The Morgan fingerprint density at radius 2 is 1.67 bits per heavy atom. The number of amides is 1. The van der Waals surface area contributed by atoms with Gasteiger partial charge in [-0.3, -0.25) is 4.79 Å². The quantitative estimate of drug-likeness (QED) is 0.653. The van der Waals surface area contributed by atoms with E-state index in [2.05, 4.69) is 0 Å². The molecular formula is C23H21NO3. The molecule has 1 aliphatic heterocycles. The zero-order chi connectivity index (χ0) is 18.6. The molecule has 0 aliphatic carbocycles. The lowest BCUT2D eigenvalue weighted by atomic mass is 10.1. The van der Waals surface area contributed by atoms with Gasteiger partial charge in [-0.15, -0.1) is 0 Å². The van der Waals surface area contributed by atoms with Crippen LogP contribution >= 0.6 is 0 Å². The molecule has 4 heteroatoms. The number of rotatable bonds is 6. The van der Waals surface area contributed by atoms with Crippen molar-refractivity contribution >= 4 is 5.91 Å². The highest BCUT2D eigenvalue weighted by Crippen LogP contribution is 2.32. The summed E-state index contributed by atoms with van der Waals surface area (Å²) in [6.07, 6.45) is 0. The van der Waals surface area contributed by atoms with Crippen LogP contribution in [0.3, 0.4) is 0 Å². The fourth-order valence-corrected chi connectivity index (χ4v) is 3.31. The summed E-state index contributed by atoms with van der Waals surface area (Å²) < 4.78 is 11.2. The number of nitrogens with zero attached hydrogens (tertiary/aromatic N) is 1. The molecule has 4 rings (SSSR count). The van der Waals surface area contributed by atoms with Gasteiger partial charge in [0.1, 0.15) is 18.1 Å². The predicted molar refractivity (Wildman–Crippen MR) is 104 cm³/mol. The lowest BCUT2D eigenvalue weighted by molar-refractivity contribution is 0.0766. The van der Waals surface area contributed by atoms with Crippen molar-refractivity contribution in [1.82, 2.24) is 4.90 Å². The number of methoxy groups -OCH3 is 1. The third-order valence-corrected chi connectivity index (χ3v) is 4.77. The summed E-state index contributed by atoms with van der Waals surface area (Å²) in [5.41, 5.74) is 3.87. The number of hydrogen-bond acceptors (Lipinski definition) is 3. The van der Waals surface area contributed by atoms with E-state index in [4.69, 9.17) is 9.47 Å². The first-order chi connectivity index (χ1) is 13.2. The van der Waals surface area contributed by atoms with Crippen molar-refractivity contribution < 1.29 is 14.3 Å². The van der Waals surface area contributed by atoms with Gasteiger partial charge in [-0.25, -0.2) is 0 Å². The summed E-state index contributed by atoms with van der Waals surface area (Å²) >= 11 is 0. The van der Waals surface area contributed by atoms with Gasteiger partial charge in [0.15, 0.2) is 0 Å². The second-order valence-corrected chi connectivity index (χ2v) is 6.57. The first-order valence-electron chi connectivity index (χ1n) is 8.95. The van der Waals surface area contributed by atoms with Gasteiger partial charge in [0, 0.05) is 17.7 Å². The van der Waals surface area contributed by atoms with Crippen molar-refractivity contribution in [1.29, 1.82) is 0 Å². The van der Waals surface area contributed by atoms with Crippen LogP contribution in [0.2, 0.25) is 0 Å². The van der Waals surface area contributed by atoms with Crippen molar-refractivity contribution in [2.75, 3.05) is 7.11 Å². The largest absolute Gasteiger partial charge is 0.497 e. The van der Waals surface area contributed by atoms with Crippen LogP contribution in [0.1, 0.15) is 27.0 Å². The van der Waals surface area contributed by atoms with Crippen LogP contribution in [0.15, 0.2) is 72.8 Å². The number of ether oxygens (including phenoxy) is 2. The lowest BCUT2D eigenvalue weighted by Gasteiger charge is -2.16. The van der Waals surface area contributed by atoms with E-state index < -0.39 is 0 Å². The lowest BCUT2D eigenvalue weighted by Crippen LogP contribution is -2.23. The van der Waals surface area contributed by atoms with Gasteiger partial charge in [0.25, 0.3) is 5.91 Å². The average Bonchev–Trinajstić information content (AvgIpc) is 3.04. The monoisotopic (exact) mass is 359 g/mol. The zero-order valence-corrected chi connectivity index (χ0v) is 15.2. The Labute approximate surface area is 159 Å². The molecule has 1 heterocycles. The summed E-state index contributed by atoms with van der Waals surface area (Å²) in [5.74, 6) is 1.64. The van der Waals surface area contributed by atoms with E-state index in [1.165, 1.54) is 0 Å². The van der Waals surface area contributed by atoms with Crippen molar-refractivity contribution in [2.45, 2.75) is 19.7 Å². The molecule has 1 amide bonds. The first-order valence-corrected chi connectivity index (χ1v) is 8.95. The van der Waals surface area contributed by atoms with Crippen LogP contribution in [0.25, 0.3) is 0 Å². The Hall–Kier alpha value is -3.27. The van der Waals surface area contributed by atoms with Gasteiger partial charge >= 0.3 is 0 Å². The SMILES string of the molecule is COc1ccc(CN2Cc3c(OCc4ccccc4)cccc3C2=O)cc1. The van der Waals surface area contributed by atoms with Crippen LogP contribution in [0, 0.1) is 0 Å². The van der Waals surface area contributed by atoms with Crippen LogP contribution < -0.4 is 9.47 Å². The fourth-order valence-electron chi connectivity index (χ4n) is 3.31. The van der Waals surface area contributed by atoms with E-state index in [0.29, 0.717) is 19.7 Å². The molecule has 0 N–H and O–H groups in total. The topological polar surface area (TPSA) is 38.8 Å². The van der Waals surface area contributed by atoms with E-state index in [1.807, 2.05) is 77.7 Å². The summed E-state index contributed by atoms with van der Waals surface area (Å²) in [7, 11) is 1.65. The molecule has 0 saturated heterocycles. The molecule has 1 aliphatic rings. The molecule has 3 aromatic carbocycles. The molecule has 27 heavy (non-hydrogen) atoms. The minimum Gasteiger partial charge on any atom is -0.497 e. The van der Waals surface area contributed by atoms with E-state index in [0.717, 1.165) is 33.8 Å². The molecule has 0 aromatic heterocycles. The first kappa shape index (κ1) is 17.2. The van der Waals surface area contributed by atoms with Crippen LogP contribution in [-0.4, -0.2) is 17.9 Å². The maximum atomic E-state index is 12.8. The summed E-state index contributed by atoms with van der Waals surface area (Å²) in [4.78, 5) is 14.6. The molecule has 136 valence electrons. The van der Waals surface area contributed by atoms with Crippen molar-refractivity contribution in [3.63, 3.8) is 0 Å². The summed E-state index contributed by atoms with van der Waals surface area (Å²) in [6.45, 7) is 1.62. The number of carbonyl (C=O) groups is 1. The van der Waals surface area contributed by atoms with E-state index in [-0.39, 0.29) is 5.91 Å². The standard InChI is InChI=1S/C23H21NO3/c1-26-19-12-10-17(11-13-19)14-24-15-21-20(23(24)25)8-5-9-22(21)27-16-18-6-3-2-4-7-18/h2-13H,14-16H2,1H3. The fraction of sp³-hybridized carbons (Fsp3) is 0.174. The molecule has 0 radical (unpaired) electrons. The molecule has 0 unspecified atom stereocenters. The van der Waals surface area contributed by atoms with Crippen molar-refractivity contribution in [3.05, 3.63) is 95.1 Å². The third kappa shape index (κ3) is 3.65. The molecule has 0 saturated carbocycles. The van der Waals surface area contributed by atoms with Crippen molar-refractivity contribution in [3.8, 4) is 11.5 Å². The third-order valence-electron chi connectivity index (χ3n) is 4.77. The minimum absolute atomic E-state index is 0.0472. The van der Waals surface area contributed by atoms with E-state index >= 15 is 0 Å². The van der Waals surface area contributed by atoms with Gasteiger partial charge in [0.2, 0.25) is 0 Å². The molecule has 0 spiro atoms. The van der Waals surface area contributed by atoms with Gasteiger partial charge in [-0.2, -0.15) is 0 Å². The Morgan fingerprint density at radius 1 is 0.889 bits per heavy atom. The minimum atomic E-state index is 0.0472. The smallest absolute Gasteiger partial charge is 0.254 e. The van der Waals surface area contributed by atoms with Crippen LogP contribution in [0.5, 0.6) is 11.5 Å². The highest BCUT2D eigenvalue weighted by atomic mass is 16.5. The Kier molecular flexibility index (Phi) is 4.79. The average molecular weight is 359 g/mol. The van der Waals surface area contributed by atoms with Crippen LogP contribution in [0.4, 0.5) is 0 Å². The van der Waals surface area contributed by atoms with Crippen LogP contribution in [-0.2, 0) is 19.7 Å². The van der Waals surface area contributed by atoms with Crippen molar-refractivity contribution in [2.24, 2.45) is 0 Å². The summed E-state index contributed by atoms with van der Waals surface area (Å²) in [6, 6.07) is 23.5. The summed E-state index contributed by atoms with van der Waals surface area (Å²) in [5, 5.41) is 0. The van der Waals surface area contributed by atoms with E-state index in [1.54, 1.807) is 7.11 Å². The number of fused-ring (bicyclic) bond motifs is 1. The molecule has 0 fully saturated rings. The van der Waals surface area contributed by atoms with Gasteiger partial charge < -0.3 is 14.4 Å². The highest BCUT2D eigenvalue weighted by molar-refractivity contribution is 5.99. The zero-order valence-electron chi connectivity index (χ0n) is 15.2. The predicted octanol–water partition coefficient (Wildman–Crippen LogP) is 4.43. The van der Waals surface area contributed by atoms with Gasteiger partial charge in [-0.1, -0.05) is 48.5 Å². The Balaban J connectivity index is 1.49. The molecule has 0 bridgehead atoms. The second-order valence-electron chi connectivity index (χ2n) is 6.57. The van der Waals surface area contributed by atoms with E-state index in [9.17, 15) is 4.79 Å². The maximum Gasteiger partial charge on any atom is 0.254 e. The molecule has 4 nitrogen and oxygen atoms in total. The highest BCUT2D eigenvalue weighted by Gasteiger charge is 2.29. The molecule has 3 aromatic rings. The molecule has 0 atom stereocenters. The van der Waals surface area contributed by atoms with Gasteiger partial charge in [-0.05, 0) is 35.4 Å². The number of carbonyl (C=O) groups excluding carboxylic acids is 1. The Bertz CT molecular complexity index is 936. The van der Waals surface area contributed by atoms with Gasteiger partial charge in [0.05, 0.1) is 13.7 Å². The molecular weight excluding hydrogens is 338 g/mol. The second kappa shape index (κ2) is 7.54. The number of hydrogen-bond donors (Lipinski definition) is 0. The normalized spacial score (nSPS) is 12.8.